The SMILES string of the molecule is COCCC1(C(=O)[C@@H]2CNC[C@H](C(=O)C3CC3)C2c2cccc(F)c2C)CC1. The lowest BCUT2D eigenvalue weighted by Crippen LogP contribution is -2.50. The molecule has 2 saturated carbocycles. The Morgan fingerprint density at radius 1 is 1.21 bits per heavy atom. The largest absolute Gasteiger partial charge is 0.385 e. The van der Waals surface area contributed by atoms with Gasteiger partial charge in [-0.25, -0.2) is 4.39 Å². The third-order valence-corrected chi connectivity index (χ3v) is 7.11. The van der Waals surface area contributed by atoms with Gasteiger partial charge in [-0.3, -0.25) is 9.59 Å². The Bertz CT molecular complexity index is 769. The molecule has 152 valence electrons. The van der Waals surface area contributed by atoms with E-state index in [1.54, 1.807) is 20.1 Å². The predicted octanol–water partition coefficient (Wildman–Crippen LogP) is 3.42. The van der Waals surface area contributed by atoms with Crippen LogP contribution in [0.3, 0.4) is 0 Å². The first-order valence-electron chi connectivity index (χ1n) is 10.5. The van der Waals surface area contributed by atoms with Crippen molar-refractivity contribution in [1.29, 1.82) is 0 Å². The van der Waals surface area contributed by atoms with Crippen LogP contribution in [0.4, 0.5) is 4.39 Å². The molecule has 2 aliphatic carbocycles. The van der Waals surface area contributed by atoms with Gasteiger partial charge in [0.25, 0.3) is 0 Å². The van der Waals surface area contributed by atoms with Gasteiger partial charge in [-0.1, -0.05) is 12.1 Å². The average molecular weight is 387 g/mol. The van der Waals surface area contributed by atoms with E-state index in [1.165, 1.54) is 6.07 Å². The molecule has 3 atom stereocenters. The van der Waals surface area contributed by atoms with Crippen LogP contribution >= 0.6 is 0 Å². The monoisotopic (exact) mass is 387 g/mol. The van der Waals surface area contributed by atoms with Crippen LogP contribution in [0.2, 0.25) is 0 Å². The van der Waals surface area contributed by atoms with Crippen LogP contribution in [0.25, 0.3) is 0 Å². The van der Waals surface area contributed by atoms with E-state index < -0.39 is 0 Å². The topological polar surface area (TPSA) is 55.4 Å². The minimum Gasteiger partial charge on any atom is -0.385 e. The fraction of sp³-hybridized carbons (Fsp3) is 0.652. The Balaban J connectivity index is 1.70. The Hall–Kier alpha value is -1.59. The number of benzene rings is 1. The summed E-state index contributed by atoms with van der Waals surface area (Å²) in [6.07, 6.45) is 4.40. The molecule has 1 unspecified atom stereocenters. The fourth-order valence-electron chi connectivity index (χ4n) is 5.01. The van der Waals surface area contributed by atoms with Gasteiger partial charge in [0.05, 0.1) is 0 Å². The first-order valence-corrected chi connectivity index (χ1v) is 10.5. The van der Waals surface area contributed by atoms with Gasteiger partial charge < -0.3 is 10.1 Å². The van der Waals surface area contributed by atoms with E-state index >= 15 is 0 Å². The van der Waals surface area contributed by atoms with Crippen molar-refractivity contribution in [2.45, 2.75) is 44.9 Å². The van der Waals surface area contributed by atoms with Crippen molar-refractivity contribution in [3.63, 3.8) is 0 Å². The molecule has 5 heteroatoms. The Morgan fingerprint density at radius 2 is 1.93 bits per heavy atom. The predicted molar refractivity (Wildman–Crippen MR) is 105 cm³/mol. The van der Waals surface area contributed by atoms with Crippen molar-refractivity contribution in [2.75, 3.05) is 26.8 Å². The number of nitrogens with one attached hydrogen (secondary N) is 1. The summed E-state index contributed by atoms with van der Waals surface area (Å²) in [6, 6.07) is 5.07. The second-order valence-electron chi connectivity index (χ2n) is 8.92. The molecule has 4 rings (SSSR count). The molecule has 1 N–H and O–H groups in total. The second kappa shape index (κ2) is 7.68. The summed E-state index contributed by atoms with van der Waals surface area (Å²) in [5.41, 5.74) is 1.09. The lowest BCUT2D eigenvalue weighted by atomic mass is 9.67. The summed E-state index contributed by atoms with van der Waals surface area (Å²) in [4.78, 5) is 26.7. The number of methoxy groups -OCH3 is 1. The van der Waals surface area contributed by atoms with Gasteiger partial charge in [0, 0.05) is 55.9 Å². The highest BCUT2D eigenvalue weighted by molar-refractivity contribution is 5.93. The number of carbonyl (C=O) groups is 2. The maximum Gasteiger partial charge on any atom is 0.144 e. The van der Waals surface area contributed by atoms with Gasteiger partial charge >= 0.3 is 0 Å². The zero-order chi connectivity index (χ0) is 19.9. The molecule has 0 bridgehead atoms. The van der Waals surface area contributed by atoms with E-state index in [9.17, 15) is 14.0 Å². The maximum atomic E-state index is 14.4. The molecule has 28 heavy (non-hydrogen) atoms. The highest BCUT2D eigenvalue weighted by atomic mass is 19.1. The molecule has 1 aromatic carbocycles. The number of hydrogen-bond donors (Lipinski definition) is 1. The first kappa shape index (κ1) is 19.7. The minimum absolute atomic E-state index is 0.125. The quantitative estimate of drug-likeness (QED) is 0.743. The van der Waals surface area contributed by atoms with Crippen molar-refractivity contribution in [2.24, 2.45) is 23.2 Å². The first-order chi connectivity index (χ1) is 13.5. The number of piperidine rings is 1. The molecular weight excluding hydrogens is 357 g/mol. The van der Waals surface area contributed by atoms with E-state index in [2.05, 4.69) is 5.32 Å². The third kappa shape index (κ3) is 3.55. The van der Waals surface area contributed by atoms with Crippen LogP contribution in [-0.4, -0.2) is 38.4 Å². The molecule has 1 aliphatic heterocycles. The molecule has 1 aromatic rings. The minimum atomic E-state index is -0.313. The number of ether oxygens (including phenoxy) is 1. The standard InChI is InChI=1S/C23H30FNO3/c1-14-16(4-3-5-19(14)24)20-17(21(26)15-6-7-15)12-25-13-18(20)22(27)23(8-9-23)10-11-28-2/h3-5,15,17-18,20,25H,6-13H2,1-2H3/t17-,18+,20?/m0/s1. The molecule has 0 spiro atoms. The van der Waals surface area contributed by atoms with E-state index in [1.807, 2.05) is 6.07 Å². The van der Waals surface area contributed by atoms with Crippen molar-refractivity contribution in [3.8, 4) is 0 Å². The molecule has 3 aliphatic rings. The number of Topliss-reactive ketones (excluding diaryl/α,β-unsaturated/α-hetero) is 2. The van der Waals surface area contributed by atoms with E-state index in [0.717, 1.165) is 37.7 Å². The summed E-state index contributed by atoms with van der Waals surface area (Å²) in [6.45, 7) is 3.47. The molecule has 0 amide bonds. The van der Waals surface area contributed by atoms with Crippen LogP contribution in [0.5, 0.6) is 0 Å². The summed E-state index contributed by atoms with van der Waals surface area (Å²) < 4.78 is 19.6. The third-order valence-electron chi connectivity index (χ3n) is 7.11. The van der Waals surface area contributed by atoms with Gasteiger partial charge in [-0.05, 0) is 56.2 Å². The highest BCUT2D eigenvalue weighted by Crippen LogP contribution is 2.54. The van der Waals surface area contributed by atoms with Crippen molar-refractivity contribution in [3.05, 3.63) is 35.1 Å². The van der Waals surface area contributed by atoms with Gasteiger partial charge in [-0.2, -0.15) is 0 Å². The van der Waals surface area contributed by atoms with Gasteiger partial charge in [-0.15, -0.1) is 0 Å². The van der Waals surface area contributed by atoms with E-state index in [4.69, 9.17) is 4.74 Å². The van der Waals surface area contributed by atoms with Gasteiger partial charge in [0.15, 0.2) is 0 Å². The van der Waals surface area contributed by atoms with E-state index in [0.29, 0.717) is 25.3 Å². The summed E-state index contributed by atoms with van der Waals surface area (Å²) in [5.74, 6) is -0.437. The zero-order valence-corrected chi connectivity index (χ0v) is 16.8. The molecule has 0 aromatic heterocycles. The lowest BCUT2D eigenvalue weighted by Gasteiger charge is -2.40. The van der Waals surface area contributed by atoms with Crippen LogP contribution in [0.15, 0.2) is 18.2 Å². The van der Waals surface area contributed by atoms with Crippen LogP contribution in [-0.2, 0) is 14.3 Å². The summed E-state index contributed by atoms with van der Waals surface area (Å²) in [5, 5.41) is 3.35. The zero-order valence-electron chi connectivity index (χ0n) is 16.8. The smallest absolute Gasteiger partial charge is 0.144 e. The van der Waals surface area contributed by atoms with Gasteiger partial charge in [0.2, 0.25) is 0 Å². The van der Waals surface area contributed by atoms with Gasteiger partial charge in [0.1, 0.15) is 17.4 Å². The molecule has 1 heterocycles. The number of rotatable bonds is 8. The average Bonchev–Trinajstić information content (AvgIpc) is 3.61. The molecular formula is C23H30FNO3. The normalized spacial score (nSPS) is 28.8. The van der Waals surface area contributed by atoms with Crippen LogP contribution < -0.4 is 5.32 Å². The molecule has 1 saturated heterocycles. The molecule has 3 fully saturated rings. The summed E-state index contributed by atoms with van der Waals surface area (Å²) >= 11 is 0. The fourth-order valence-corrected chi connectivity index (χ4v) is 5.01. The molecule has 0 radical (unpaired) electrons. The number of hydrogen-bond acceptors (Lipinski definition) is 4. The second-order valence-corrected chi connectivity index (χ2v) is 8.92. The molecule has 4 nitrogen and oxygen atoms in total. The maximum absolute atomic E-state index is 14.4. The Morgan fingerprint density at radius 3 is 2.57 bits per heavy atom. The highest BCUT2D eigenvalue weighted by Gasteiger charge is 2.55. The van der Waals surface area contributed by atoms with E-state index in [-0.39, 0.29) is 46.5 Å². The van der Waals surface area contributed by atoms with Crippen molar-refractivity contribution < 1.29 is 18.7 Å². The number of ketones is 2. The van der Waals surface area contributed by atoms with Crippen LogP contribution in [0, 0.1) is 35.9 Å². The summed E-state index contributed by atoms with van der Waals surface area (Å²) in [7, 11) is 1.66. The van der Waals surface area contributed by atoms with Crippen molar-refractivity contribution in [1.82, 2.24) is 5.32 Å². The lowest BCUT2D eigenvalue weighted by molar-refractivity contribution is -0.133. The van der Waals surface area contributed by atoms with Crippen LogP contribution in [0.1, 0.15) is 49.1 Å². The number of carbonyl (C=O) groups excluding carboxylic acids is 2. The van der Waals surface area contributed by atoms with Crippen molar-refractivity contribution >= 4 is 11.6 Å². The Labute approximate surface area is 166 Å². The number of halogens is 1. The Kier molecular flexibility index (Phi) is 5.41.